The minimum Gasteiger partial charge on any atom is -0.508 e. The zero-order valence-corrected chi connectivity index (χ0v) is 13.0. The van der Waals surface area contributed by atoms with Gasteiger partial charge in [0.1, 0.15) is 5.75 Å². The Labute approximate surface area is 142 Å². The van der Waals surface area contributed by atoms with Crippen molar-refractivity contribution in [1.82, 2.24) is 4.98 Å². The number of hydrogen-bond acceptors (Lipinski definition) is 5. The topological polar surface area (TPSA) is 83.6 Å². The Morgan fingerprint density at radius 2 is 1.72 bits per heavy atom. The number of hydrogen-bond donors (Lipinski definition) is 2. The maximum atomic E-state index is 12.5. The summed E-state index contributed by atoms with van der Waals surface area (Å²) in [5.74, 6) is -0.641. The number of rotatable bonds is 3. The molecule has 0 saturated heterocycles. The first kappa shape index (κ1) is 15.0. The summed E-state index contributed by atoms with van der Waals surface area (Å²) in [4.78, 5) is 16.9. The molecule has 0 spiro atoms. The fourth-order valence-electron chi connectivity index (χ4n) is 2.67. The van der Waals surface area contributed by atoms with E-state index in [2.05, 4.69) is 4.98 Å². The van der Waals surface area contributed by atoms with Gasteiger partial charge in [0.2, 0.25) is 17.3 Å². The Bertz CT molecular complexity index is 1080. The Morgan fingerprint density at radius 3 is 2.48 bits per heavy atom. The Kier molecular flexibility index (Phi) is 3.47. The quantitative estimate of drug-likeness (QED) is 0.551. The van der Waals surface area contributed by atoms with Gasteiger partial charge < -0.3 is 14.6 Å². The number of pyridine rings is 1. The van der Waals surface area contributed by atoms with E-state index in [1.807, 2.05) is 0 Å². The smallest absolute Gasteiger partial charge is 0.232 e. The van der Waals surface area contributed by atoms with E-state index < -0.39 is 5.78 Å². The summed E-state index contributed by atoms with van der Waals surface area (Å²) >= 11 is 0. The summed E-state index contributed by atoms with van der Waals surface area (Å²) in [7, 11) is 0. The zero-order valence-electron chi connectivity index (χ0n) is 13.0. The molecule has 0 fully saturated rings. The van der Waals surface area contributed by atoms with Crippen LogP contribution in [0, 0.1) is 0 Å². The highest BCUT2D eigenvalue weighted by Gasteiger charge is 2.22. The van der Waals surface area contributed by atoms with Crippen LogP contribution in [0.2, 0.25) is 0 Å². The second-order valence-corrected chi connectivity index (χ2v) is 5.57. The largest absolute Gasteiger partial charge is 0.508 e. The van der Waals surface area contributed by atoms with Crippen molar-refractivity contribution in [1.29, 1.82) is 0 Å². The summed E-state index contributed by atoms with van der Waals surface area (Å²) < 4.78 is 5.53. The highest BCUT2D eigenvalue weighted by molar-refractivity contribution is 6.11. The van der Waals surface area contributed by atoms with Gasteiger partial charge in [0, 0.05) is 11.1 Å². The number of aromatic hydroxyl groups is 2. The second-order valence-electron chi connectivity index (χ2n) is 5.57. The zero-order chi connectivity index (χ0) is 17.4. The van der Waals surface area contributed by atoms with E-state index in [-0.39, 0.29) is 23.0 Å². The van der Waals surface area contributed by atoms with Crippen LogP contribution in [-0.2, 0) is 0 Å². The van der Waals surface area contributed by atoms with Gasteiger partial charge >= 0.3 is 0 Å². The molecule has 0 saturated carbocycles. The molecule has 0 amide bonds. The van der Waals surface area contributed by atoms with Crippen LogP contribution in [0.15, 0.2) is 71.1 Å². The molecule has 2 aromatic heterocycles. The lowest BCUT2D eigenvalue weighted by Crippen LogP contribution is -1.99. The average molecular weight is 331 g/mol. The van der Waals surface area contributed by atoms with E-state index >= 15 is 0 Å². The summed E-state index contributed by atoms with van der Waals surface area (Å²) in [5, 5.41) is 20.3. The summed E-state index contributed by atoms with van der Waals surface area (Å²) in [5.41, 5.74) is 1.85. The molecule has 0 aliphatic carbocycles. The van der Waals surface area contributed by atoms with Gasteiger partial charge in [-0.25, -0.2) is 4.98 Å². The maximum Gasteiger partial charge on any atom is 0.232 e. The second kappa shape index (κ2) is 5.79. The molecular formula is C20H13NO4. The predicted octanol–water partition coefficient (Wildman–Crippen LogP) is 4.14. The lowest BCUT2D eigenvalue weighted by molar-refractivity contribution is 0.101. The van der Waals surface area contributed by atoms with Gasteiger partial charge in [-0.3, -0.25) is 4.79 Å². The van der Waals surface area contributed by atoms with Gasteiger partial charge in [0.25, 0.3) is 0 Å². The molecule has 0 aliphatic rings. The third kappa shape index (κ3) is 2.61. The van der Waals surface area contributed by atoms with E-state index in [1.54, 1.807) is 66.7 Å². The summed E-state index contributed by atoms with van der Waals surface area (Å²) in [6, 6.07) is 18.6. The van der Waals surface area contributed by atoms with Crippen LogP contribution < -0.4 is 0 Å². The average Bonchev–Trinajstić information content (AvgIpc) is 2.98. The Hall–Kier alpha value is -3.60. The van der Waals surface area contributed by atoms with Crippen molar-refractivity contribution in [2.24, 2.45) is 0 Å². The molecule has 0 bridgehead atoms. The number of ketones is 1. The van der Waals surface area contributed by atoms with Crippen molar-refractivity contribution in [2.45, 2.75) is 0 Å². The summed E-state index contributed by atoms with van der Waals surface area (Å²) in [6.45, 7) is 0. The van der Waals surface area contributed by atoms with E-state index in [1.165, 1.54) is 0 Å². The van der Waals surface area contributed by atoms with Gasteiger partial charge in [0.05, 0.1) is 11.1 Å². The van der Waals surface area contributed by atoms with Crippen LogP contribution in [0.3, 0.4) is 0 Å². The third-order valence-electron chi connectivity index (χ3n) is 3.91. The first-order valence-electron chi connectivity index (χ1n) is 7.65. The molecule has 0 radical (unpaired) electrons. The first-order valence-corrected chi connectivity index (χ1v) is 7.65. The highest BCUT2D eigenvalue weighted by atomic mass is 16.4. The van der Waals surface area contributed by atoms with Crippen molar-refractivity contribution in [2.75, 3.05) is 0 Å². The van der Waals surface area contributed by atoms with E-state index in [4.69, 9.17) is 4.42 Å². The normalized spacial score (nSPS) is 10.9. The molecule has 5 heteroatoms. The molecule has 4 rings (SSSR count). The predicted molar refractivity (Wildman–Crippen MR) is 92.6 cm³/mol. The van der Waals surface area contributed by atoms with Crippen LogP contribution in [-0.4, -0.2) is 21.0 Å². The molecule has 122 valence electrons. The van der Waals surface area contributed by atoms with Crippen molar-refractivity contribution < 1.29 is 19.4 Å². The SMILES string of the molecule is O=C(c1ccccc1)c1oc2nc(-c3cccc(O)c3)ccc2c1O. The number of carbonyl (C=O) groups excluding carboxylic acids is 1. The monoisotopic (exact) mass is 331 g/mol. The number of aromatic nitrogens is 1. The molecule has 2 heterocycles. The highest BCUT2D eigenvalue weighted by Crippen LogP contribution is 2.34. The van der Waals surface area contributed by atoms with Gasteiger partial charge in [-0.2, -0.15) is 0 Å². The number of phenolic OH excluding ortho intramolecular Hbond substituents is 1. The number of phenols is 1. The van der Waals surface area contributed by atoms with Crippen LogP contribution in [0.5, 0.6) is 11.5 Å². The van der Waals surface area contributed by atoms with Gasteiger partial charge in [-0.05, 0) is 24.3 Å². The molecule has 2 aromatic carbocycles. The minimum absolute atomic E-state index is 0.127. The van der Waals surface area contributed by atoms with Crippen LogP contribution in [0.4, 0.5) is 0 Å². The van der Waals surface area contributed by atoms with Crippen molar-refractivity contribution in [3.8, 4) is 22.8 Å². The number of carbonyl (C=O) groups is 1. The number of furan rings is 1. The Balaban J connectivity index is 1.81. The molecule has 0 unspecified atom stereocenters. The molecule has 4 aromatic rings. The van der Waals surface area contributed by atoms with Gasteiger partial charge in [-0.1, -0.05) is 42.5 Å². The van der Waals surface area contributed by atoms with Gasteiger partial charge in [0.15, 0.2) is 5.75 Å². The molecule has 0 aliphatic heterocycles. The standard InChI is InChI=1S/C20H13NO4/c22-14-8-4-7-13(11-14)16-10-9-15-18(24)19(25-20(15)21-16)17(23)12-5-2-1-3-6-12/h1-11,22,24H. The summed E-state index contributed by atoms with van der Waals surface area (Å²) in [6.07, 6.45) is 0. The molecule has 0 atom stereocenters. The Morgan fingerprint density at radius 1 is 0.920 bits per heavy atom. The molecule has 2 N–H and O–H groups in total. The van der Waals surface area contributed by atoms with E-state index in [0.29, 0.717) is 22.2 Å². The fraction of sp³-hybridized carbons (Fsp3) is 0. The maximum absolute atomic E-state index is 12.5. The molecular weight excluding hydrogens is 318 g/mol. The van der Waals surface area contributed by atoms with Crippen molar-refractivity contribution in [3.63, 3.8) is 0 Å². The van der Waals surface area contributed by atoms with E-state index in [0.717, 1.165) is 0 Å². The molecule has 25 heavy (non-hydrogen) atoms. The number of fused-ring (bicyclic) bond motifs is 1. The van der Waals surface area contributed by atoms with Gasteiger partial charge in [-0.15, -0.1) is 0 Å². The molecule has 5 nitrogen and oxygen atoms in total. The lowest BCUT2D eigenvalue weighted by atomic mass is 10.1. The number of benzene rings is 2. The minimum atomic E-state index is -0.407. The van der Waals surface area contributed by atoms with E-state index in [9.17, 15) is 15.0 Å². The van der Waals surface area contributed by atoms with Crippen molar-refractivity contribution >= 4 is 16.9 Å². The van der Waals surface area contributed by atoms with Crippen LogP contribution in [0.25, 0.3) is 22.4 Å². The lowest BCUT2D eigenvalue weighted by Gasteiger charge is -2.00. The first-order chi connectivity index (χ1) is 12.1. The fourth-order valence-corrected chi connectivity index (χ4v) is 2.67. The van der Waals surface area contributed by atoms with Crippen LogP contribution >= 0.6 is 0 Å². The van der Waals surface area contributed by atoms with Crippen molar-refractivity contribution in [3.05, 3.63) is 78.1 Å². The third-order valence-corrected chi connectivity index (χ3v) is 3.91. The number of nitrogens with zero attached hydrogens (tertiary/aromatic N) is 1. The van der Waals surface area contributed by atoms with Crippen LogP contribution in [0.1, 0.15) is 16.1 Å².